The minimum atomic E-state index is -1.50. The predicted molar refractivity (Wildman–Crippen MR) is 139 cm³/mol. The summed E-state index contributed by atoms with van der Waals surface area (Å²) >= 11 is 0. The quantitative estimate of drug-likeness (QED) is 0.205. The van der Waals surface area contributed by atoms with Gasteiger partial charge in [0, 0.05) is 12.8 Å². The summed E-state index contributed by atoms with van der Waals surface area (Å²) in [6.07, 6.45) is -0.734. The van der Waals surface area contributed by atoms with E-state index >= 15 is 0 Å². The van der Waals surface area contributed by atoms with Crippen molar-refractivity contribution in [1.82, 2.24) is 16.0 Å². The van der Waals surface area contributed by atoms with Crippen LogP contribution in [-0.4, -0.2) is 64.0 Å². The molecule has 0 aliphatic heterocycles. The SMILES string of the molecule is CC(C)C(N)C(=O)NC(CC(=O)O)C(=O)NC(Cc1ccccc1)C(=O)NC(Cc1ccccc1)C(=O)O. The third kappa shape index (κ3) is 9.66. The molecule has 38 heavy (non-hydrogen) atoms. The van der Waals surface area contributed by atoms with Crippen LogP contribution in [0.15, 0.2) is 60.7 Å². The van der Waals surface area contributed by atoms with Gasteiger partial charge >= 0.3 is 11.9 Å². The first-order valence-corrected chi connectivity index (χ1v) is 12.2. The Labute approximate surface area is 220 Å². The van der Waals surface area contributed by atoms with Crippen LogP contribution in [0.25, 0.3) is 0 Å². The zero-order valence-electron chi connectivity index (χ0n) is 21.3. The molecule has 0 saturated heterocycles. The molecular weight excluding hydrogens is 492 g/mol. The number of aliphatic carboxylic acids is 2. The van der Waals surface area contributed by atoms with Crippen LogP contribution < -0.4 is 21.7 Å². The molecule has 0 radical (unpaired) electrons. The maximum Gasteiger partial charge on any atom is 0.326 e. The molecular formula is C27H34N4O7. The van der Waals surface area contributed by atoms with E-state index in [0.717, 1.165) is 0 Å². The molecule has 0 aliphatic carbocycles. The second-order valence-corrected chi connectivity index (χ2v) is 9.27. The highest BCUT2D eigenvalue weighted by atomic mass is 16.4. The number of carbonyl (C=O) groups excluding carboxylic acids is 3. The Bertz CT molecular complexity index is 1110. The van der Waals surface area contributed by atoms with Crippen LogP contribution in [0.1, 0.15) is 31.4 Å². The monoisotopic (exact) mass is 526 g/mol. The number of nitrogens with one attached hydrogen (secondary N) is 3. The van der Waals surface area contributed by atoms with Crippen molar-refractivity contribution in [2.24, 2.45) is 11.7 Å². The van der Waals surface area contributed by atoms with Gasteiger partial charge in [-0.2, -0.15) is 0 Å². The van der Waals surface area contributed by atoms with Gasteiger partial charge in [-0.05, 0) is 17.0 Å². The molecule has 0 aromatic heterocycles. The lowest BCUT2D eigenvalue weighted by Crippen LogP contribution is -2.58. The highest BCUT2D eigenvalue weighted by Gasteiger charge is 2.32. The maximum atomic E-state index is 13.2. The summed E-state index contributed by atoms with van der Waals surface area (Å²) in [5, 5.41) is 26.3. The molecule has 0 bridgehead atoms. The van der Waals surface area contributed by atoms with Crippen LogP contribution in [0.5, 0.6) is 0 Å². The zero-order chi connectivity index (χ0) is 28.2. The molecule has 0 fully saturated rings. The fraction of sp³-hybridized carbons (Fsp3) is 0.370. The van der Waals surface area contributed by atoms with Gasteiger partial charge in [-0.1, -0.05) is 74.5 Å². The molecule has 0 aliphatic rings. The van der Waals surface area contributed by atoms with Gasteiger partial charge in [-0.25, -0.2) is 4.79 Å². The van der Waals surface area contributed by atoms with Crippen molar-refractivity contribution >= 4 is 29.7 Å². The Kier molecular flexibility index (Phi) is 11.4. The molecule has 2 rings (SSSR count). The van der Waals surface area contributed by atoms with Crippen LogP contribution in [0.2, 0.25) is 0 Å². The van der Waals surface area contributed by atoms with Crippen molar-refractivity contribution in [2.45, 2.75) is 57.3 Å². The van der Waals surface area contributed by atoms with Gasteiger partial charge < -0.3 is 31.9 Å². The summed E-state index contributed by atoms with van der Waals surface area (Å²) in [5.74, 6) is -5.27. The van der Waals surface area contributed by atoms with Crippen molar-refractivity contribution in [3.05, 3.63) is 71.8 Å². The summed E-state index contributed by atoms with van der Waals surface area (Å²) in [6.45, 7) is 3.40. The molecule has 2 aromatic rings. The highest BCUT2D eigenvalue weighted by molar-refractivity contribution is 5.95. The molecule has 0 heterocycles. The van der Waals surface area contributed by atoms with E-state index in [1.54, 1.807) is 74.5 Å². The molecule has 4 unspecified atom stereocenters. The van der Waals surface area contributed by atoms with Crippen molar-refractivity contribution in [3.63, 3.8) is 0 Å². The minimum Gasteiger partial charge on any atom is -0.481 e. The molecule has 11 nitrogen and oxygen atoms in total. The van der Waals surface area contributed by atoms with Crippen molar-refractivity contribution in [3.8, 4) is 0 Å². The first kappa shape index (κ1) is 30.0. The second kappa shape index (κ2) is 14.5. The number of carbonyl (C=O) groups is 5. The van der Waals surface area contributed by atoms with E-state index in [1.165, 1.54) is 0 Å². The average Bonchev–Trinajstić information content (AvgIpc) is 2.87. The fourth-order valence-corrected chi connectivity index (χ4v) is 3.61. The first-order valence-electron chi connectivity index (χ1n) is 12.2. The lowest BCUT2D eigenvalue weighted by atomic mass is 10.0. The van der Waals surface area contributed by atoms with Gasteiger partial charge in [0.25, 0.3) is 0 Å². The van der Waals surface area contributed by atoms with Crippen molar-refractivity contribution in [1.29, 1.82) is 0 Å². The first-order chi connectivity index (χ1) is 18.0. The topological polar surface area (TPSA) is 188 Å². The van der Waals surface area contributed by atoms with E-state index in [9.17, 15) is 34.2 Å². The molecule has 4 atom stereocenters. The number of carboxylic acids is 2. The van der Waals surface area contributed by atoms with E-state index in [-0.39, 0.29) is 18.8 Å². The Morgan fingerprint density at radius 2 is 1.11 bits per heavy atom. The van der Waals surface area contributed by atoms with Crippen LogP contribution in [0, 0.1) is 5.92 Å². The van der Waals surface area contributed by atoms with Gasteiger partial charge in [-0.15, -0.1) is 0 Å². The van der Waals surface area contributed by atoms with Gasteiger partial charge in [0.05, 0.1) is 12.5 Å². The van der Waals surface area contributed by atoms with Gasteiger partial charge in [0.2, 0.25) is 17.7 Å². The molecule has 204 valence electrons. The van der Waals surface area contributed by atoms with Gasteiger partial charge in [0.1, 0.15) is 18.1 Å². The number of benzene rings is 2. The molecule has 0 spiro atoms. The molecule has 7 N–H and O–H groups in total. The normalized spacial score (nSPS) is 14.0. The summed E-state index contributed by atoms with van der Waals surface area (Å²) in [4.78, 5) is 62.1. The number of nitrogens with two attached hydrogens (primary N) is 1. The second-order valence-electron chi connectivity index (χ2n) is 9.27. The Morgan fingerprint density at radius 3 is 1.55 bits per heavy atom. The van der Waals surface area contributed by atoms with Crippen LogP contribution >= 0.6 is 0 Å². The number of hydrogen-bond acceptors (Lipinski definition) is 6. The maximum absolute atomic E-state index is 13.2. The fourth-order valence-electron chi connectivity index (χ4n) is 3.61. The minimum absolute atomic E-state index is 0.00463. The number of carboxylic acid groups (broad SMARTS) is 2. The summed E-state index contributed by atoms with van der Waals surface area (Å²) in [7, 11) is 0. The third-order valence-electron chi connectivity index (χ3n) is 5.85. The number of amides is 3. The van der Waals surface area contributed by atoms with Crippen LogP contribution in [0.3, 0.4) is 0 Å². The lowest BCUT2D eigenvalue weighted by molar-refractivity contribution is -0.143. The number of hydrogen-bond donors (Lipinski definition) is 6. The van der Waals surface area contributed by atoms with Crippen LogP contribution in [0.4, 0.5) is 0 Å². The van der Waals surface area contributed by atoms with E-state index in [2.05, 4.69) is 16.0 Å². The van der Waals surface area contributed by atoms with E-state index < -0.39 is 60.2 Å². The Hall–Kier alpha value is -4.25. The van der Waals surface area contributed by atoms with Crippen molar-refractivity contribution in [2.75, 3.05) is 0 Å². The van der Waals surface area contributed by atoms with E-state index in [4.69, 9.17) is 5.73 Å². The lowest BCUT2D eigenvalue weighted by Gasteiger charge is -2.25. The largest absolute Gasteiger partial charge is 0.481 e. The smallest absolute Gasteiger partial charge is 0.326 e. The van der Waals surface area contributed by atoms with Gasteiger partial charge in [0.15, 0.2) is 0 Å². The molecule has 3 amide bonds. The number of rotatable bonds is 14. The summed E-state index contributed by atoms with van der Waals surface area (Å²) in [6, 6.07) is 12.4. The van der Waals surface area contributed by atoms with E-state index in [0.29, 0.717) is 11.1 Å². The summed E-state index contributed by atoms with van der Waals surface area (Å²) in [5.41, 5.74) is 7.19. The molecule has 11 heteroatoms. The Morgan fingerprint density at radius 1 is 0.684 bits per heavy atom. The third-order valence-corrected chi connectivity index (χ3v) is 5.85. The molecule has 2 aromatic carbocycles. The average molecular weight is 527 g/mol. The van der Waals surface area contributed by atoms with Crippen LogP contribution in [-0.2, 0) is 36.8 Å². The van der Waals surface area contributed by atoms with E-state index in [1.807, 2.05) is 0 Å². The predicted octanol–water partition coefficient (Wildman–Crippen LogP) is 0.469. The van der Waals surface area contributed by atoms with Crippen molar-refractivity contribution < 1.29 is 34.2 Å². The summed E-state index contributed by atoms with van der Waals surface area (Å²) < 4.78 is 0. The standard InChI is InChI=1S/C27H34N4O7/c1-16(2)23(28)26(36)30-20(15-22(32)33)25(35)29-19(13-17-9-5-3-6-10-17)24(34)31-21(27(37)38)14-18-11-7-4-8-12-18/h3-12,16,19-21,23H,13-15,28H2,1-2H3,(H,29,35)(H,30,36)(H,31,34)(H,32,33)(H,37,38). The Balaban J connectivity index is 2.26. The molecule has 0 saturated carbocycles. The highest BCUT2D eigenvalue weighted by Crippen LogP contribution is 2.08. The zero-order valence-corrected chi connectivity index (χ0v) is 21.3. The van der Waals surface area contributed by atoms with Gasteiger partial charge in [-0.3, -0.25) is 19.2 Å².